The van der Waals surface area contributed by atoms with Gasteiger partial charge in [0.2, 0.25) is 5.43 Å². The van der Waals surface area contributed by atoms with E-state index in [4.69, 9.17) is 0 Å². The van der Waals surface area contributed by atoms with Crippen LogP contribution in [0.3, 0.4) is 0 Å². The second-order valence-electron chi connectivity index (χ2n) is 7.32. The zero-order valence-electron chi connectivity index (χ0n) is 15.9. The van der Waals surface area contributed by atoms with Gasteiger partial charge in [-0.2, -0.15) is 5.10 Å². The quantitative estimate of drug-likeness (QED) is 0.472. The number of hydrogen-bond acceptors (Lipinski definition) is 4. The maximum atomic E-state index is 13.8. The summed E-state index contributed by atoms with van der Waals surface area (Å²) in [5.41, 5.74) is 1.13. The molecule has 0 radical (unpaired) electrons. The lowest BCUT2D eigenvalue weighted by atomic mass is 9.84. The third-order valence-electron chi connectivity index (χ3n) is 5.52. The van der Waals surface area contributed by atoms with Crippen molar-refractivity contribution in [1.29, 1.82) is 0 Å². The van der Waals surface area contributed by atoms with E-state index in [0.717, 1.165) is 17.3 Å². The second-order valence-corrected chi connectivity index (χ2v) is 8.17. The summed E-state index contributed by atoms with van der Waals surface area (Å²) >= 11 is 3.45. The van der Waals surface area contributed by atoms with E-state index in [1.165, 1.54) is 24.3 Å². The van der Waals surface area contributed by atoms with Gasteiger partial charge in [-0.1, -0.05) is 34.1 Å². The van der Waals surface area contributed by atoms with Crippen molar-refractivity contribution >= 4 is 15.9 Å². The van der Waals surface area contributed by atoms with E-state index in [0.29, 0.717) is 16.8 Å². The summed E-state index contributed by atoms with van der Waals surface area (Å²) in [7, 11) is 0. The van der Waals surface area contributed by atoms with Crippen molar-refractivity contribution in [2.75, 3.05) is 0 Å². The SMILES string of the molecule is O=c1cnn2c(c1O)-c1nccn1C[C@@H]2C(c1ccc(F)cc1)c1ccc(F)cc1Br. The van der Waals surface area contributed by atoms with Gasteiger partial charge in [-0.05, 0) is 35.4 Å². The van der Waals surface area contributed by atoms with E-state index >= 15 is 0 Å². The molecular weight excluding hydrogens is 470 g/mol. The van der Waals surface area contributed by atoms with E-state index < -0.39 is 29.0 Å². The number of nitrogens with zero attached hydrogens (tertiary/aromatic N) is 4. The Hall–Kier alpha value is -3.33. The molecule has 9 heteroatoms. The van der Waals surface area contributed by atoms with Gasteiger partial charge in [-0.15, -0.1) is 0 Å². The van der Waals surface area contributed by atoms with Gasteiger partial charge in [0.25, 0.3) is 0 Å². The Morgan fingerprint density at radius 2 is 1.87 bits per heavy atom. The minimum atomic E-state index is -0.609. The molecule has 1 aliphatic rings. The van der Waals surface area contributed by atoms with Crippen LogP contribution in [0.1, 0.15) is 23.1 Å². The van der Waals surface area contributed by atoms with Gasteiger partial charge in [0.05, 0.1) is 12.2 Å². The molecular formula is C22H15BrF2N4O2. The third-order valence-corrected chi connectivity index (χ3v) is 6.21. The van der Waals surface area contributed by atoms with Gasteiger partial charge in [0, 0.05) is 29.3 Å². The molecule has 3 heterocycles. The Bertz CT molecular complexity index is 1350. The van der Waals surface area contributed by atoms with E-state index in [2.05, 4.69) is 26.0 Å². The van der Waals surface area contributed by atoms with Crippen LogP contribution < -0.4 is 5.43 Å². The highest BCUT2D eigenvalue weighted by Crippen LogP contribution is 2.44. The maximum absolute atomic E-state index is 13.8. The molecule has 5 rings (SSSR count). The van der Waals surface area contributed by atoms with Gasteiger partial charge in [0.15, 0.2) is 11.6 Å². The molecule has 6 nitrogen and oxygen atoms in total. The zero-order chi connectivity index (χ0) is 21.7. The van der Waals surface area contributed by atoms with Crippen LogP contribution in [0.2, 0.25) is 0 Å². The van der Waals surface area contributed by atoms with E-state index in [1.54, 1.807) is 35.3 Å². The molecule has 1 unspecified atom stereocenters. The average Bonchev–Trinajstić information content (AvgIpc) is 3.22. The standard InChI is InChI=1S/C22H15BrF2N4O2/c23-16-9-14(25)5-6-15(16)19(12-1-3-13(24)4-2-12)17-11-28-8-7-26-22(28)20-21(31)18(30)10-27-29(17)20/h1-10,17,19,31H,11H2/t17-,19?/m1/s1. The molecule has 2 atom stereocenters. The van der Waals surface area contributed by atoms with Crippen LogP contribution in [0.4, 0.5) is 8.78 Å². The lowest BCUT2D eigenvalue weighted by Crippen LogP contribution is -2.32. The fourth-order valence-corrected chi connectivity index (χ4v) is 4.75. The Morgan fingerprint density at radius 3 is 2.61 bits per heavy atom. The molecule has 0 saturated carbocycles. The van der Waals surface area contributed by atoms with Gasteiger partial charge in [-0.3, -0.25) is 9.48 Å². The summed E-state index contributed by atoms with van der Waals surface area (Å²) < 4.78 is 31.4. The van der Waals surface area contributed by atoms with Crippen LogP contribution in [-0.4, -0.2) is 24.4 Å². The van der Waals surface area contributed by atoms with Gasteiger partial charge in [0.1, 0.15) is 17.3 Å². The molecule has 2 aromatic heterocycles. The Kier molecular flexibility index (Phi) is 4.70. The summed E-state index contributed by atoms with van der Waals surface area (Å²) in [4.78, 5) is 16.4. The Balaban J connectivity index is 1.77. The monoisotopic (exact) mass is 484 g/mol. The van der Waals surface area contributed by atoms with E-state index in [-0.39, 0.29) is 11.5 Å². The van der Waals surface area contributed by atoms with E-state index in [9.17, 15) is 18.7 Å². The second kappa shape index (κ2) is 7.42. The molecule has 4 aromatic rings. The molecule has 0 fully saturated rings. The number of aromatic nitrogens is 4. The number of benzene rings is 2. The average molecular weight is 485 g/mol. The first-order valence-electron chi connectivity index (χ1n) is 9.46. The molecule has 1 aliphatic heterocycles. The molecule has 0 amide bonds. The smallest absolute Gasteiger partial charge is 0.242 e. The molecule has 31 heavy (non-hydrogen) atoms. The molecule has 156 valence electrons. The van der Waals surface area contributed by atoms with Crippen LogP contribution in [0.15, 0.2) is 70.3 Å². The predicted octanol–water partition coefficient (Wildman–Crippen LogP) is 4.24. The fraction of sp³-hybridized carbons (Fsp3) is 0.136. The number of hydrogen-bond donors (Lipinski definition) is 1. The number of fused-ring (bicyclic) bond motifs is 3. The van der Waals surface area contributed by atoms with Crippen molar-refractivity contribution < 1.29 is 13.9 Å². The van der Waals surface area contributed by atoms with E-state index in [1.807, 2.05) is 4.57 Å². The Morgan fingerprint density at radius 1 is 1.13 bits per heavy atom. The Labute approximate surface area is 183 Å². The normalized spacial score (nSPS) is 15.9. The first kappa shape index (κ1) is 19.6. The lowest BCUT2D eigenvalue weighted by molar-refractivity contribution is 0.330. The van der Waals surface area contributed by atoms with Gasteiger partial charge < -0.3 is 9.67 Å². The van der Waals surface area contributed by atoms with Crippen molar-refractivity contribution in [3.8, 4) is 17.3 Å². The highest BCUT2D eigenvalue weighted by Gasteiger charge is 2.36. The molecule has 0 spiro atoms. The summed E-state index contributed by atoms with van der Waals surface area (Å²) in [5.74, 6) is -1.19. The first-order chi connectivity index (χ1) is 14.9. The molecule has 0 saturated heterocycles. The maximum Gasteiger partial charge on any atom is 0.242 e. The van der Waals surface area contributed by atoms with Crippen molar-refractivity contribution in [3.63, 3.8) is 0 Å². The molecule has 2 aromatic carbocycles. The highest BCUT2D eigenvalue weighted by molar-refractivity contribution is 9.10. The number of halogens is 3. The molecule has 0 bridgehead atoms. The van der Waals surface area contributed by atoms with Crippen LogP contribution in [0.25, 0.3) is 11.5 Å². The first-order valence-corrected chi connectivity index (χ1v) is 10.3. The minimum Gasteiger partial charge on any atom is -0.503 e. The number of rotatable bonds is 3. The van der Waals surface area contributed by atoms with Gasteiger partial charge >= 0.3 is 0 Å². The van der Waals surface area contributed by atoms with Crippen LogP contribution in [0.5, 0.6) is 5.75 Å². The minimum absolute atomic E-state index is 0.207. The number of imidazole rings is 1. The van der Waals surface area contributed by atoms with Crippen molar-refractivity contribution in [2.45, 2.75) is 18.5 Å². The summed E-state index contributed by atoms with van der Waals surface area (Å²) in [6.45, 7) is 0.420. The zero-order valence-corrected chi connectivity index (χ0v) is 17.5. The topological polar surface area (TPSA) is 72.9 Å². The molecule has 1 N–H and O–H groups in total. The fourth-order valence-electron chi connectivity index (χ4n) is 4.15. The van der Waals surface area contributed by atoms with Crippen LogP contribution in [0, 0.1) is 11.6 Å². The van der Waals surface area contributed by atoms with Crippen LogP contribution in [-0.2, 0) is 6.54 Å². The number of aromatic hydroxyl groups is 1. The third kappa shape index (κ3) is 3.25. The van der Waals surface area contributed by atoms with Crippen LogP contribution >= 0.6 is 15.9 Å². The lowest BCUT2D eigenvalue weighted by Gasteiger charge is -2.35. The van der Waals surface area contributed by atoms with Crippen molar-refractivity contribution in [1.82, 2.24) is 19.3 Å². The largest absolute Gasteiger partial charge is 0.503 e. The summed E-state index contributed by atoms with van der Waals surface area (Å²) in [6, 6.07) is 10.0. The van der Waals surface area contributed by atoms with Crippen molar-refractivity contribution in [3.05, 3.63) is 98.5 Å². The highest BCUT2D eigenvalue weighted by atomic mass is 79.9. The molecule has 0 aliphatic carbocycles. The van der Waals surface area contributed by atoms with Gasteiger partial charge in [-0.25, -0.2) is 13.8 Å². The predicted molar refractivity (Wildman–Crippen MR) is 113 cm³/mol. The summed E-state index contributed by atoms with van der Waals surface area (Å²) in [5, 5.41) is 14.8. The van der Waals surface area contributed by atoms with Crippen molar-refractivity contribution in [2.24, 2.45) is 0 Å². The summed E-state index contributed by atoms with van der Waals surface area (Å²) in [6.07, 6.45) is 4.40.